The molecule has 1 aromatic heterocycles. The maximum absolute atomic E-state index is 12.0. The van der Waals surface area contributed by atoms with Crippen molar-refractivity contribution < 1.29 is 18.0 Å². The number of benzene rings is 2. The number of aromatic nitrogens is 1. The van der Waals surface area contributed by atoms with Gasteiger partial charge in [-0.25, -0.2) is 13.4 Å². The van der Waals surface area contributed by atoms with E-state index in [0.29, 0.717) is 17.2 Å². The normalized spacial score (nSPS) is 11.4. The first kappa shape index (κ1) is 20.9. The topological polar surface area (TPSA) is 105 Å². The van der Waals surface area contributed by atoms with Crippen molar-refractivity contribution in [3.05, 3.63) is 42.5 Å². The molecule has 3 aromatic rings. The van der Waals surface area contributed by atoms with Gasteiger partial charge in [0.1, 0.15) is 0 Å². The van der Waals surface area contributed by atoms with Gasteiger partial charge in [-0.2, -0.15) is 0 Å². The Morgan fingerprint density at radius 1 is 1.07 bits per heavy atom. The molecule has 7 nitrogen and oxygen atoms in total. The third-order valence-electron chi connectivity index (χ3n) is 4.23. The summed E-state index contributed by atoms with van der Waals surface area (Å²) >= 11 is 1.25. The number of hydrogen-bond donors (Lipinski definition) is 2. The zero-order chi connectivity index (χ0) is 21.0. The molecule has 2 N–H and O–H groups in total. The monoisotopic (exact) mass is 431 g/mol. The fourth-order valence-electron chi connectivity index (χ4n) is 2.68. The van der Waals surface area contributed by atoms with E-state index >= 15 is 0 Å². The van der Waals surface area contributed by atoms with Crippen LogP contribution in [0.15, 0.2) is 47.4 Å². The van der Waals surface area contributed by atoms with E-state index in [4.69, 9.17) is 0 Å². The van der Waals surface area contributed by atoms with Crippen LogP contribution in [0.3, 0.4) is 0 Å². The largest absolute Gasteiger partial charge is 0.348 e. The molecule has 0 saturated carbocycles. The van der Waals surface area contributed by atoms with Gasteiger partial charge < -0.3 is 5.32 Å². The number of thiazole rings is 1. The van der Waals surface area contributed by atoms with E-state index in [2.05, 4.69) is 15.6 Å². The minimum absolute atomic E-state index is 0.251. The molecule has 152 valence electrons. The lowest BCUT2D eigenvalue weighted by molar-refractivity contribution is -0.136. The van der Waals surface area contributed by atoms with Crippen LogP contribution < -0.4 is 10.6 Å². The first-order valence-electron chi connectivity index (χ1n) is 9.08. The summed E-state index contributed by atoms with van der Waals surface area (Å²) in [6.07, 6.45) is 2.91. The molecule has 0 unspecified atom stereocenters. The molecule has 0 fully saturated rings. The van der Waals surface area contributed by atoms with Gasteiger partial charge in [0.2, 0.25) is 0 Å². The zero-order valence-electron chi connectivity index (χ0n) is 16.1. The van der Waals surface area contributed by atoms with Crippen LogP contribution in [-0.2, 0) is 19.4 Å². The first-order valence-corrected chi connectivity index (χ1v) is 11.8. The standard InChI is InChI=1S/C20H21N3O4S2/c1-3-4-10-21-18(24)19(25)23-20-22-16-9-8-14(12-17(16)28-20)13-6-5-7-15(11-13)29(2,26)27/h5-9,11-12H,3-4,10H2,1-2H3,(H,21,24)(H,22,23,25). The molecule has 0 aliphatic carbocycles. The van der Waals surface area contributed by atoms with Crippen molar-refractivity contribution in [2.24, 2.45) is 0 Å². The van der Waals surface area contributed by atoms with Gasteiger partial charge in [-0.1, -0.05) is 42.9 Å². The van der Waals surface area contributed by atoms with Gasteiger partial charge in [-0.05, 0) is 41.8 Å². The number of carbonyl (C=O) groups excluding carboxylic acids is 2. The molecule has 0 aliphatic heterocycles. The van der Waals surface area contributed by atoms with E-state index in [1.54, 1.807) is 24.3 Å². The maximum atomic E-state index is 12.0. The zero-order valence-corrected chi connectivity index (χ0v) is 17.7. The molecular weight excluding hydrogens is 410 g/mol. The summed E-state index contributed by atoms with van der Waals surface area (Å²) in [5.74, 6) is -1.43. The predicted molar refractivity (Wildman–Crippen MR) is 115 cm³/mol. The third kappa shape index (κ3) is 5.18. The van der Waals surface area contributed by atoms with Crippen LogP contribution in [0.5, 0.6) is 0 Å². The number of unbranched alkanes of at least 4 members (excludes halogenated alkanes) is 1. The summed E-state index contributed by atoms with van der Waals surface area (Å²) < 4.78 is 24.4. The molecule has 2 amide bonds. The van der Waals surface area contributed by atoms with Crippen LogP contribution >= 0.6 is 11.3 Å². The van der Waals surface area contributed by atoms with E-state index in [0.717, 1.165) is 28.7 Å². The molecule has 3 rings (SSSR count). The van der Waals surface area contributed by atoms with Crippen molar-refractivity contribution in [3.8, 4) is 11.1 Å². The fraction of sp³-hybridized carbons (Fsp3) is 0.250. The van der Waals surface area contributed by atoms with E-state index in [9.17, 15) is 18.0 Å². The molecule has 0 aliphatic rings. The Balaban J connectivity index is 1.80. The van der Waals surface area contributed by atoms with Crippen LogP contribution in [-0.4, -0.2) is 38.0 Å². The summed E-state index contributed by atoms with van der Waals surface area (Å²) in [5.41, 5.74) is 2.28. The Hall–Kier alpha value is -2.78. The van der Waals surface area contributed by atoms with Crippen molar-refractivity contribution in [3.63, 3.8) is 0 Å². The van der Waals surface area contributed by atoms with Gasteiger partial charge >= 0.3 is 11.8 Å². The highest BCUT2D eigenvalue weighted by Crippen LogP contribution is 2.31. The third-order valence-corrected chi connectivity index (χ3v) is 6.27. The lowest BCUT2D eigenvalue weighted by Gasteiger charge is -2.04. The summed E-state index contributed by atoms with van der Waals surface area (Å²) in [5, 5.41) is 5.42. The van der Waals surface area contributed by atoms with E-state index in [-0.39, 0.29) is 4.90 Å². The lowest BCUT2D eigenvalue weighted by atomic mass is 10.1. The summed E-state index contributed by atoms with van der Waals surface area (Å²) in [6.45, 7) is 2.46. The van der Waals surface area contributed by atoms with Gasteiger partial charge in [-0.15, -0.1) is 0 Å². The van der Waals surface area contributed by atoms with E-state index in [1.165, 1.54) is 17.6 Å². The number of nitrogens with one attached hydrogen (secondary N) is 2. The van der Waals surface area contributed by atoms with Gasteiger partial charge in [0.25, 0.3) is 0 Å². The van der Waals surface area contributed by atoms with Crippen molar-refractivity contribution in [2.75, 3.05) is 18.1 Å². The highest BCUT2D eigenvalue weighted by Gasteiger charge is 2.16. The Labute approximate surface area is 173 Å². The smallest absolute Gasteiger partial charge is 0.315 e. The SMILES string of the molecule is CCCCNC(=O)C(=O)Nc1nc2ccc(-c3cccc(S(C)(=O)=O)c3)cc2s1. The lowest BCUT2D eigenvalue weighted by Crippen LogP contribution is -2.35. The van der Waals surface area contributed by atoms with Crippen molar-refractivity contribution in [2.45, 2.75) is 24.7 Å². The minimum Gasteiger partial charge on any atom is -0.348 e. The number of nitrogens with zero attached hydrogens (tertiary/aromatic N) is 1. The number of anilines is 1. The van der Waals surface area contributed by atoms with Crippen LogP contribution in [0, 0.1) is 0 Å². The maximum Gasteiger partial charge on any atom is 0.315 e. The number of carbonyl (C=O) groups is 2. The fourth-order valence-corrected chi connectivity index (χ4v) is 4.24. The minimum atomic E-state index is -3.30. The number of fused-ring (bicyclic) bond motifs is 1. The molecule has 0 spiro atoms. The Kier molecular flexibility index (Phi) is 6.29. The molecule has 0 atom stereocenters. The average Bonchev–Trinajstić information content (AvgIpc) is 3.08. The van der Waals surface area contributed by atoms with Gasteiger partial charge in [0.05, 0.1) is 15.1 Å². The summed E-state index contributed by atoms with van der Waals surface area (Å²) in [6, 6.07) is 12.2. The first-order chi connectivity index (χ1) is 13.8. The van der Waals surface area contributed by atoms with Crippen LogP contribution in [0.4, 0.5) is 5.13 Å². The Morgan fingerprint density at radius 2 is 1.83 bits per heavy atom. The molecule has 0 saturated heterocycles. The quantitative estimate of drug-likeness (QED) is 0.461. The number of hydrogen-bond acceptors (Lipinski definition) is 6. The molecular formula is C20H21N3O4S2. The second-order valence-electron chi connectivity index (χ2n) is 6.57. The average molecular weight is 432 g/mol. The van der Waals surface area contributed by atoms with Crippen LogP contribution in [0.2, 0.25) is 0 Å². The predicted octanol–water partition coefficient (Wildman–Crippen LogP) is 3.22. The van der Waals surface area contributed by atoms with Gasteiger partial charge in [0.15, 0.2) is 15.0 Å². The van der Waals surface area contributed by atoms with Crippen molar-refractivity contribution in [1.82, 2.24) is 10.3 Å². The molecule has 0 radical (unpaired) electrons. The molecule has 29 heavy (non-hydrogen) atoms. The van der Waals surface area contributed by atoms with Gasteiger partial charge in [-0.3, -0.25) is 14.9 Å². The number of amides is 2. The molecule has 0 bridgehead atoms. The summed E-state index contributed by atoms with van der Waals surface area (Å²) in [4.78, 5) is 28.4. The van der Waals surface area contributed by atoms with E-state index in [1.807, 2.05) is 25.1 Å². The van der Waals surface area contributed by atoms with E-state index < -0.39 is 21.7 Å². The van der Waals surface area contributed by atoms with Crippen molar-refractivity contribution >= 4 is 48.3 Å². The molecule has 1 heterocycles. The number of sulfone groups is 1. The molecule has 9 heteroatoms. The Morgan fingerprint density at radius 3 is 2.55 bits per heavy atom. The Bertz CT molecular complexity index is 1170. The molecule has 2 aromatic carbocycles. The number of rotatable bonds is 6. The van der Waals surface area contributed by atoms with Crippen LogP contribution in [0.1, 0.15) is 19.8 Å². The van der Waals surface area contributed by atoms with Crippen molar-refractivity contribution in [1.29, 1.82) is 0 Å². The summed E-state index contributed by atoms with van der Waals surface area (Å²) in [7, 11) is -3.30. The highest BCUT2D eigenvalue weighted by molar-refractivity contribution is 7.90. The second-order valence-corrected chi connectivity index (χ2v) is 9.61. The second kappa shape index (κ2) is 8.71. The van der Waals surface area contributed by atoms with Crippen LogP contribution in [0.25, 0.3) is 21.3 Å². The van der Waals surface area contributed by atoms with Gasteiger partial charge in [0, 0.05) is 12.8 Å². The highest BCUT2D eigenvalue weighted by atomic mass is 32.2.